The minimum absolute atomic E-state index is 0.0513. The number of aliphatic hydroxyl groups excluding tert-OH is 1. The molecular formula is C12H17NO2. The lowest BCUT2D eigenvalue weighted by Crippen LogP contribution is -2.23. The lowest BCUT2D eigenvalue weighted by atomic mass is 10.0. The van der Waals surface area contributed by atoms with Gasteiger partial charge >= 0.3 is 0 Å². The van der Waals surface area contributed by atoms with Crippen LogP contribution in [0.4, 0.5) is 0 Å². The van der Waals surface area contributed by atoms with Crippen LogP contribution in [-0.2, 0) is 12.8 Å². The molecule has 82 valence electrons. The van der Waals surface area contributed by atoms with Crippen molar-refractivity contribution in [1.29, 1.82) is 0 Å². The lowest BCUT2D eigenvalue weighted by Gasteiger charge is -2.10. The third kappa shape index (κ3) is 2.49. The largest absolute Gasteiger partial charge is 0.493 e. The van der Waals surface area contributed by atoms with Gasteiger partial charge in [-0.15, -0.1) is 0 Å². The van der Waals surface area contributed by atoms with Crippen LogP contribution in [0.15, 0.2) is 18.2 Å². The van der Waals surface area contributed by atoms with Gasteiger partial charge in [-0.05, 0) is 30.0 Å². The summed E-state index contributed by atoms with van der Waals surface area (Å²) in [5, 5.41) is 8.77. The standard InChI is InChI=1S/C12H17NO2/c13-11(3-5-14)8-9-1-2-12-10(7-9)4-6-15-12/h1-2,7,11,14H,3-6,8,13H2. The average molecular weight is 207 g/mol. The summed E-state index contributed by atoms with van der Waals surface area (Å²) in [5.41, 5.74) is 8.39. The first-order valence-electron chi connectivity index (χ1n) is 5.40. The summed E-state index contributed by atoms with van der Waals surface area (Å²) in [6.45, 7) is 0.955. The summed E-state index contributed by atoms with van der Waals surface area (Å²) in [4.78, 5) is 0. The average Bonchev–Trinajstić information content (AvgIpc) is 2.65. The zero-order valence-electron chi connectivity index (χ0n) is 8.78. The quantitative estimate of drug-likeness (QED) is 0.770. The van der Waals surface area contributed by atoms with Gasteiger partial charge in [0.15, 0.2) is 0 Å². The van der Waals surface area contributed by atoms with Gasteiger partial charge in [-0.25, -0.2) is 0 Å². The van der Waals surface area contributed by atoms with Crippen LogP contribution >= 0.6 is 0 Å². The Morgan fingerprint density at radius 2 is 2.33 bits per heavy atom. The number of hydrogen-bond donors (Lipinski definition) is 2. The number of fused-ring (bicyclic) bond motifs is 1. The van der Waals surface area contributed by atoms with Crippen molar-refractivity contribution in [2.45, 2.75) is 25.3 Å². The molecule has 0 spiro atoms. The number of hydrogen-bond acceptors (Lipinski definition) is 3. The highest BCUT2D eigenvalue weighted by Gasteiger charge is 2.12. The maximum atomic E-state index is 8.77. The van der Waals surface area contributed by atoms with Gasteiger partial charge in [0.1, 0.15) is 5.75 Å². The molecule has 0 saturated heterocycles. The zero-order valence-corrected chi connectivity index (χ0v) is 8.78. The molecule has 0 bridgehead atoms. The fourth-order valence-corrected chi connectivity index (χ4v) is 1.94. The molecule has 0 amide bonds. The van der Waals surface area contributed by atoms with Crippen LogP contribution in [0.3, 0.4) is 0 Å². The van der Waals surface area contributed by atoms with Gasteiger partial charge in [0, 0.05) is 19.1 Å². The van der Waals surface area contributed by atoms with Gasteiger partial charge in [0.25, 0.3) is 0 Å². The Morgan fingerprint density at radius 1 is 1.47 bits per heavy atom. The first-order valence-corrected chi connectivity index (χ1v) is 5.40. The summed E-state index contributed by atoms with van der Waals surface area (Å²) in [6.07, 6.45) is 2.49. The number of benzene rings is 1. The fourth-order valence-electron chi connectivity index (χ4n) is 1.94. The van der Waals surface area contributed by atoms with E-state index in [0.717, 1.165) is 25.2 Å². The van der Waals surface area contributed by atoms with E-state index in [-0.39, 0.29) is 12.6 Å². The monoisotopic (exact) mass is 207 g/mol. The van der Waals surface area contributed by atoms with Crippen molar-refractivity contribution in [3.8, 4) is 5.75 Å². The highest BCUT2D eigenvalue weighted by Crippen LogP contribution is 2.26. The molecule has 3 heteroatoms. The van der Waals surface area contributed by atoms with E-state index in [1.807, 2.05) is 6.07 Å². The van der Waals surface area contributed by atoms with Gasteiger partial charge in [0.05, 0.1) is 6.61 Å². The SMILES string of the molecule is NC(CCO)Cc1ccc2c(c1)CCO2. The lowest BCUT2D eigenvalue weighted by molar-refractivity contribution is 0.275. The Kier molecular flexibility index (Phi) is 3.23. The third-order valence-electron chi connectivity index (χ3n) is 2.75. The van der Waals surface area contributed by atoms with Crippen molar-refractivity contribution >= 4 is 0 Å². The van der Waals surface area contributed by atoms with Crippen molar-refractivity contribution in [1.82, 2.24) is 0 Å². The van der Waals surface area contributed by atoms with Crippen LogP contribution in [0.5, 0.6) is 5.75 Å². The van der Waals surface area contributed by atoms with Crippen LogP contribution in [0.2, 0.25) is 0 Å². The highest BCUT2D eigenvalue weighted by molar-refractivity contribution is 5.40. The number of aliphatic hydroxyl groups is 1. The van der Waals surface area contributed by atoms with E-state index >= 15 is 0 Å². The van der Waals surface area contributed by atoms with Gasteiger partial charge in [-0.1, -0.05) is 12.1 Å². The van der Waals surface area contributed by atoms with Crippen LogP contribution < -0.4 is 10.5 Å². The van der Waals surface area contributed by atoms with Gasteiger partial charge < -0.3 is 15.6 Å². The Morgan fingerprint density at radius 3 is 3.13 bits per heavy atom. The number of nitrogens with two attached hydrogens (primary N) is 1. The molecule has 0 aromatic heterocycles. The van der Waals surface area contributed by atoms with Crippen LogP contribution in [0.25, 0.3) is 0 Å². The van der Waals surface area contributed by atoms with Crippen molar-refractivity contribution in [3.63, 3.8) is 0 Å². The molecule has 15 heavy (non-hydrogen) atoms. The smallest absolute Gasteiger partial charge is 0.122 e. The molecule has 2 rings (SSSR count). The van der Waals surface area contributed by atoms with Crippen LogP contribution in [-0.4, -0.2) is 24.4 Å². The second-order valence-electron chi connectivity index (χ2n) is 4.02. The Labute approximate surface area is 89.9 Å². The Bertz CT molecular complexity index is 338. The zero-order chi connectivity index (χ0) is 10.7. The normalized spacial score (nSPS) is 15.9. The topological polar surface area (TPSA) is 55.5 Å². The van der Waals surface area contributed by atoms with E-state index in [9.17, 15) is 0 Å². The first kappa shape index (κ1) is 10.5. The molecule has 1 unspecified atom stereocenters. The van der Waals surface area contributed by atoms with Crippen LogP contribution in [0.1, 0.15) is 17.5 Å². The van der Waals surface area contributed by atoms with E-state index in [0.29, 0.717) is 6.42 Å². The second-order valence-corrected chi connectivity index (χ2v) is 4.02. The molecule has 1 aromatic rings. The van der Waals surface area contributed by atoms with Gasteiger partial charge in [-0.2, -0.15) is 0 Å². The third-order valence-corrected chi connectivity index (χ3v) is 2.75. The highest BCUT2D eigenvalue weighted by atomic mass is 16.5. The molecule has 0 fully saturated rings. The molecule has 1 heterocycles. The molecule has 3 nitrogen and oxygen atoms in total. The molecular weight excluding hydrogens is 190 g/mol. The van der Waals surface area contributed by atoms with Crippen LogP contribution in [0, 0.1) is 0 Å². The molecule has 1 atom stereocenters. The molecule has 1 aliphatic rings. The summed E-state index contributed by atoms with van der Waals surface area (Å²) in [7, 11) is 0. The van der Waals surface area contributed by atoms with E-state index < -0.39 is 0 Å². The first-order chi connectivity index (χ1) is 7.29. The van der Waals surface area contributed by atoms with Crippen molar-refractivity contribution in [2.24, 2.45) is 5.73 Å². The van der Waals surface area contributed by atoms with Gasteiger partial charge in [-0.3, -0.25) is 0 Å². The summed E-state index contributed by atoms with van der Waals surface area (Å²) in [5.74, 6) is 1.01. The van der Waals surface area contributed by atoms with E-state index in [4.69, 9.17) is 15.6 Å². The van der Waals surface area contributed by atoms with E-state index in [1.165, 1.54) is 11.1 Å². The molecule has 0 aliphatic carbocycles. The Balaban J connectivity index is 2.03. The molecule has 1 aliphatic heterocycles. The predicted octanol–water partition coefficient (Wildman–Crippen LogP) is 0.874. The van der Waals surface area contributed by atoms with E-state index in [1.54, 1.807) is 0 Å². The maximum Gasteiger partial charge on any atom is 0.122 e. The number of rotatable bonds is 4. The minimum atomic E-state index is 0.0513. The molecule has 0 saturated carbocycles. The van der Waals surface area contributed by atoms with E-state index in [2.05, 4.69) is 12.1 Å². The van der Waals surface area contributed by atoms with Gasteiger partial charge in [0.2, 0.25) is 0 Å². The molecule has 1 aromatic carbocycles. The fraction of sp³-hybridized carbons (Fsp3) is 0.500. The summed E-state index contributed by atoms with van der Waals surface area (Å²) < 4.78 is 5.43. The maximum absolute atomic E-state index is 8.77. The van der Waals surface area contributed by atoms with Crippen molar-refractivity contribution in [2.75, 3.05) is 13.2 Å². The summed E-state index contributed by atoms with van der Waals surface area (Å²) >= 11 is 0. The second kappa shape index (κ2) is 4.64. The predicted molar refractivity (Wildman–Crippen MR) is 59.0 cm³/mol. The molecule has 0 radical (unpaired) electrons. The molecule has 3 N–H and O–H groups in total. The van der Waals surface area contributed by atoms with Crippen molar-refractivity contribution < 1.29 is 9.84 Å². The Hall–Kier alpha value is -1.06. The number of ether oxygens (including phenoxy) is 1. The van der Waals surface area contributed by atoms with Crippen molar-refractivity contribution in [3.05, 3.63) is 29.3 Å². The minimum Gasteiger partial charge on any atom is -0.493 e. The summed E-state index contributed by atoms with van der Waals surface area (Å²) in [6, 6.07) is 6.29.